The van der Waals surface area contributed by atoms with E-state index in [9.17, 15) is 9.59 Å². The van der Waals surface area contributed by atoms with Crippen LogP contribution < -0.4 is 0 Å². The molecule has 0 amide bonds. The van der Waals surface area contributed by atoms with E-state index in [0.29, 0.717) is 6.54 Å². The van der Waals surface area contributed by atoms with Crippen LogP contribution in [0.25, 0.3) is 0 Å². The minimum Gasteiger partial charge on any atom is -0.468 e. The van der Waals surface area contributed by atoms with Gasteiger partial charge in [0.25, 0.3) is 0 Å². The summed E-state index contributed by atoms with van der Waals surface area (Å²) in [6, 6.07) is 18.4. The first-order chi connectivity index (χ1) is 13.5. The van der Waals surface area contributed by atoms with Crippen LogP contribution in [0.15, 0.2) is 60.7 Å². The molecule has 0 bridgehead atoms. The minimum absolute atomic E-state index is 0.164. The van der Waals surface area contributed by atoms with Crippen molar-refractivity contribution in [3.8, 4) is 0 Å². The number of ether oxygens (including phenoxy) is 2. The number of carbonyl (C=O) groups excluding carboxylic acids is 2. The molecule has 148 valence electrons. The Hall–Kier alpha value is -2.70. The van der Waals surface area contributed by atoms with Gasteiger partial charge in [-0.1, -0.05) is 60.7 Å². The summed E-state index contributed by atoms with van der Waals surface area (Å²) in [5.74, 6) is -1.25. The quantitative estimate of drug-likeness (QED) is 0.583. The van der Waals surface area contributed by atoms with Crippen molar-refractivity contribution in [2.75, 3.05) is 14.2 Å². The fourth-order valence-corrected chi connectivity index (χ4v) is 3.96. The van der Waals surface area contributed by atoms with Crippen molar-refractivity contribution in [2.45, 2.75) is 32.0 Å². The average molecular weight is 383 g/mol. The first-order valence-electron chi connectivity index (χ1n) is 9.22. The summed E-state index contributed by atoms with van der Waals surface area (Å²) in [7, 11) is 2.58. The Morgan fingerprint density at radius 3 is 2.07 bits per heavy atom. The summed E-state index contributed by atoms with van der Waals surface area (Å²) in [4.78, 5) is 32.1. The lowest BCUT2D eigenvalue weighted by atomic mass is 9.71. The molecular formula is C22H25NO5. The summed E-state index contributed by atoms with van der Waals surface area (Å²) in [5, 5.41) is 1.70. The van der Waals surface area contributed by atoms with Crippen LogP contribution >= 0.6 is 0 Å². The smallest absolute Gasteiger partial charge is 0.325 e. The van der Waals surface area contributed by atoms with Crippen molar-refractivity contribution in [3.05, 3.63) is 71.8 Å². The number of carbonyl (C=O) groups is 2. The zero-order valence-electron chi connectivity index (χ0n) is 16.3. The van der Waals surface area contributed by atoms with E-state index in [1.165, 1.54) is 14.2 Å². The lowest BCUT2D eigenvalue weighted by molar-refractivity contribution is -0.287. The van der Waals surface area contributed by atoms with Gasteiger partial charge in [-0.2, -0.15) is 5.06 Å². The van der Waals surface area contributed by atoms with E-state index >= 15 is 0 Å². The molecule has 1 aliphatic heterocycles. The summed E-state index contributed by atoms with van der Waals surface area (Å²) in [5.41, 5.74) is 0.249. The molecule has 1 unspecified atom stereocenters. The zero-order valence-corrected chi connectivity index (χ0v) is 16.3. The van der Waals surface area contributed by atoms with Crippen molar-refractivity contribution in [2.24, 2.45) is 5.41 Å². The van der Waals surface area contributed by atoms with Crippen LogP contribution in [0.5, 0.6) is 0 Å². The van der Waals surface area contributed by atoms with Crippen LogP contribution in [-0.4, -0.2) is 37.3 Å². The highest BCUT2D eigenvalue weighted by atomic mass is 16.7. The number of hydroxylamine groups is 2. The van der Waals surface area contributed by atoms with Gasteiger partial charge in [0.1, 0.15) is 0 Å². The molecule has 0 aromatic heterocycles. The standard InChI is InChI=1S/C22H25NO5/c1-16-14-22(20(24)26-2,21(25)27-3)19(18-12-8-5-9-13-18)23(28-16)15-17-10-6-4-7-11-17/h4-13,16,19H,14-15H2,1-3H3/t16?,19-/m1/s1. The highest BCUT2D eigenvalue weighted by Crippen LogP contribution is 2.49. The summed E-state index contributed by atoms with van der Waals surface area (Å²) < 4.78 is 10.2. The van der Waals surface area contributed by atoms with Crippen LogP contribution in [0.1, 0.15) is 30.5 Å². The van der Waals surface area contributed by atoms with Crippen molar-refractivity contribution in [1.29, 1.82) is 0 Å². The number of benzene rings is 2. The molecular weight excluding hydrogens is 358 g/mol. The molecule has 1 heterocycles. The normalized spacial score (nSPS) is 21.7. The molecule has 0 radical (unpaired) electrons. The van der Waals surface area contributed by atoms with Gasteiger partial charge in [0, 0.05) is 13.0 Å². The minimum atomic E-state index is -1.53. The first kappa shape index (κ1) is 20.0. The van der Waals surface area contributed by atoms with E-state index in [0.717, 1.165) is 11.1 Å². The third-order valence-corrected chi connectivity index (χ3v) is 5.08. The highest BCUT2D eigenvalue weighted by molar-refractivity contribution is 6.01. The molecule has 2 atom stereocenters. The van der Waals surface area contributed by atoms with E-state index in [1.807, 2.05) is 67.6 Å². The molecule has 1 fully saturated rings. The number of methoxy groups -OCH3 is 2. The maximum absolute atomic E-state index is 13.0. The largest absolute Gasteiger partial charge is 0.468 e. The molecule has 0 saturated carbocycles. The molecule has 6 nitrogen and oxygen atoms in total. The van der Waals surface area contributed by atoms with E-state index in [2.05, 4.69) is 0 Å². The monoisotopic (exact) mass is 383 g/mol. The van der Waals surface area contributed by atoms with Crippen LogP contribution in [0.4, 0.5) is 0 Å². The molecule has 2 aromatic carbocycles. The van der Waals surface area contributed by atoms with E-state index < -0.39 is 23.4 Å². The lowest BCUT2D eigenvalue weighted by Gasteiger charge is -2.47. The maximum atomic E-state index is 13.0. The molecule has 1 aliphatic rings. The summed E-state index contributed by atoms with van der Waals surface area (Å²) >= 11 is 0. The van der Waals surface area contributed by atoms with Crippen molar-refractivity contribution >= 4 is 11.9 Å². The average Bonchev–Trinajstić information content (AvgIpc) is 2.73. The Bertz CT molecular complexity index is 792. The second kappa shape index (κ2) is 8.54. The number of hydrogen-bond donors (Lipinski definition) is 0. The molecule has 28 heavy (non-hydrogen) atoms. The third kappa shape index (κ3) is 3.66. The van der Waals surface area contributed by atoms with Gasteiger partial charge in [0.15, 0.2) is 5.41 Å². The van der Waals surface area contributed by atoms with Crippen LogP contribution in [0.3, 0.4) is 0 Å². The van der Waals surface area contributed by atoms with Gasteiger partial charge < -0.3 is 9.47 Å². The van der Waals surface area contributed by atoms with Crippen molar-refractivity contribution in [1.82, 2.24) is 5.06 Å². The highest BCUT2D eigenvalue weighted by Gasteiger charge is 2.61. The molecule has 0 N–H and O–H groups in total. The third-order valence-electron chi connectivity index (χ3n) is 5.08. The molecule has 6 heteroatoms. The first-order valence-corrected chi connectivity index (χ1v) is 9.22. The number of nitrogens with zero attached hydrogens (tertiary/aromatic N) is 1. The fraction of sp³-hybridized carbons (Fsp3) is 0.364. The Kier molecular flexibility index (Phi) is 6.11. The number of esters is 2. The Morgan fingerprint density at radius 2 is 1.54 bits per heavy atom. The number of rotatable bonds is 5. The topological polar surface area (TPSA) is 65.1 Å². The Balaban J connectivity index is 2.15. The van der Waals surface area contributed by atoms with Gasteiger partial charge in [-0.3, -0.25) is 14.4 Å². The zero-order chi connectivity index (χ0) is 20.1. The van der Waals surface area contributed by atoms with Crippen molar-refractivity contribution < 1.29 is 23.9 Å². The summed E-state index contributed by atoms with van der Waals surface area (Å²) in [6.45, 7) is 2.24. The molecule has 1 saturated heterocycles. The van der Waals surface area contributed by atoms with Gasteiger partial charge in [0.05, 0.1) is 26.4 Å². The van der Waals surface area contributed by atoms with Gasteiger partial charge >= 0.3 is 11.9 Å². The maximum Gasteiger partial charge on any atom is 0.325 e. The van der Waals surface area contributed by atoms with E-state index in [-0.39, 0.29) is 12.5 Å². The summed E-state index contributed by atoms with van der Waals surface area (Å²) in [6.07, 6.45) is -0.209. The molecule has 3 rings (SSSR count). The predicted octanol–water partition coefficient (Wildman–Crippen LogP) is 3.29. The predicted molar refractivity (Wildman–Crippen MR) is 103 cm³/mol. The number of hydrogen-bond acceptors (Lipinski definition) is 6. The fourth-order valence-electron chi connectivity index (χ4n) is 3.96. The molecule has 0 spiro atoms. The van der Waals surface area contributed by atoms with E-state index in [4.69, 9.17) is 14.3 Å². The SMILES string of the molecule is COC(=O)C1(C(=O)OC)CC(C)ON(Cc2ccccc2)[C@@H]1c1ccccc1. The Morgan fingerprint density at radius 1 is 1.00 bits per heavy atom. The molecule has 0 aliphatic carbocycles. The van der Waals surface area contributed by atoms with Gasteiger partial charge in [0.2, 0.25) is 0 Å². The van der Waals surface area contributed by atoms with Crippen LogP contribution in [0, 0.1) is 5.41 Å². The second-order valence-corrected chi connectivity index (χ2v) is 6.95. The van der Waals surface area contributed by atoms with Crippen LogP contribution in [0.2, 0.25) is 0 Å². The lowest BCUT2D eigenvalue weighted by Crippen LogP contribution is -2.57. The van der Waals surface area contributed by atoms with Gasteiger partial charge in [-0.15, -0.1) is 0 Å². The van der Waals surface area contributed by atoms with Crippen molar-refractivity contribution in [3.63, 3.8) is 0 Å². The van der Waals surface area contributed by atoms with E-state index in [1.54, 1.807) is 5.06 Å². The Labute approximate surface area is 165 Å². The molecule has 2 aromatic rings. The van der Waals surface area contributed by atoms with Gasteiger partial charge in [-0.05, 0) is 18.1 Å². The van der Waals surface area contributed by atoms with Gasteiger partial charge in [-0.25, -0.2) is 0 Å². The second-order valence-electron chi connectivity index (χ2n) is 6.95. The van der Waals surface area contributed by atoms with Crippen LogP contribution in [-0.2, 0) is 30.4 Å².